The molecule has 1 aliphatic rings. The van der Waals surface area contributed by atoms with E-state index in [1.54, 1.807) is 0 Å². The normalized spacial score (nSPS) is 15.2. The number of nitrogens with zero attached hydrogens (tertiary/aromatic N) is 1. The molecule has 0 heterocycles. The van der Waals surface area contributed by atoms with Gasteiger partial charge < -0.3 is 5.32 Å². The molecular weight excluding hydrogens is 272 g/mol. The van der Waals surface area contributed by atoms with Crippen molar-refractivity contribution in [2.45, 2.75) is 72.0 Å². The largest absolute Gasteiger partial charge is 0.350 e. The maximum absolute atomic E-state index is 12.3. The zero-order chi connectivity index (χ0) is 16.3. The number of rotatable bonds is 7. The van der Waals surface area contributed by atoms with Crippen molar-refractivity contribution in [3.05, 3.63) is 34.9 Å². The summed E-state index contributed by atoms with van der Waals surface area (Å²) in [5, 5.41) is 3.14. The molecule has 0 aromatic heterocycles. The summed E-state index contributed by atoms with van der Waals surface area (Å²) in [6.45, 7) is 11.9. The zero-order valence-electron chi connectivity index (χ0n) is 14.7. The standard InChI is InChI=1S/C19H30N2O/c1-6-19(4,5)20-18(22)13-21(17-9-10-17)12-16-8-7-14(2)15(3)11-16/h7-8,11,17H,6,9-10,12-13H2,1-5H3,(H,20,22). The van der Waals surface area contributed by atoms with Crippen molar-refractivity contribution >= 4 is 5.91 Å². The van der Waals surface area contributed by atoms with E-state index in [0.717, 1.165) is 13.0 Å². The van der Waals surface area contributed by atoms with Gasteiger partial charge in [0.25, 0.3) is 0 Å². The van der Waals surface area contributed by atoms with E-state index in [9.17, 15) is 4.79 Å². The third-order valence-electron chi connectivity index (χ3n) is 4.73. The maximum Gasteiger partial charge on any atom is 0.234 e. The van der Waals surface area contributed by atoms with Gasteiger partial charge in [-0.3, -0.25) is 9.69 Å². The molecule has 1 aliphatic carbocycles. The van der Waals surface area contributed by atoms with E-state index in [2.05, 4.69) is 63.0 Å². The molecule has 2 rings (SSSR count). The zero-order valence-corrected chi connectivity index (χ0v) is 14.7. The van der Waals surface area contributed by atoms with Crippen LogP contribution in [0.15, 0.2) is 18.2 Å². The highest BCUT2D eigenvalue weighted by molar-refractivity contribution is 5.78. The fraction of sp³-hybridized carbons (Fsp3) is 0.632. The first-order valence-electron chi connectivity index (χ1n) is 8.42. The van der Waals surface area contributed by atoms with Crippen LogP contribution < -0.4 is 5.32 Å². The molecule has 1 aromatic carbocycles. The Labute approximate surface area is 135 Å². The Morgan fingerprint density at radius 2 is 1.95 bits per heavy atom. The van der Waals surface area contributed by atoms with Gasteiger partial charge in [-0.2, -0.15) is 0 Å². The molecule has 1 fully saturated rings. The molecule has 3 heteroatoms. The average molecular weight is 302 g/mol. The van der Waals surface area contributed by atoms with Gasteiger partial charge in [-0.25, -0.2) is 0 Å². The Kier molecular flexibility index (Phi) is 5.28. The molecule has 0 radical (unpaired) electrons. The molecule has 1 N–H and O–H groups in total. The summed E-state index contributed by atoms with van der Waals surface area (Å²) < 4.78 is 0. The van der Waals surface area contributed by atoms with Gasteiger partial charge in [0.1, 0.15) is 0 Å². The van der Waals surface area contributed by atoms with Gasteiger partial charge in [0.2, 0.25) is 5.91 Å². The lowest BCUT2D eigenvalue weighted by atomic mass is 10.0. The molecule has 0 unspecified atom stereocenters. The van der Waals surface area contributed by atoms with Crippen LogP contribution in [0.1, 0.15) is 56.7 Å². The predicted octanol–water partition coefficient (Wildman–Crippen LogP) is 3.57. The lowest BCUT2D eigenvalue weighted by Crippen LogP contribution is -2.47. The minimum absolute atomic E-state index is 0.118. The molecule has 0 atom stereocenters. The van der Waals surface area contributed by atoms with Crippen LogP contribution >= 0.6 is 0 Å². The van der Waals surface area contributed by atoms with Gasteiger partial charge in [-0.15, -0.1) is 0 Å². The van der Waals surface area contributed by atoms with Crippen LogP contribution in [0.3, 0.4) is 0 Å². The lowest BCUT2D eigenvalue weighted by Gasteiger charge is -2.28. The summed E-state index contributed by atoms with van der Waals surface area (Å²) in [5.74, 6) is 0.141. The number of hydrogen-bond acceptors (Lipinski definition) is 2. The SMILES string of the molecule is CCC(C)(C)NC(=O)CN(Cc1ccc(C)c(C)c1)C1CC1. The summed E-state index contributed by atoms with van der Waals surface area (Å²) in [6, 6.07) is 7.19. The molecule has 1 aromatic rings. The Morgan fingerprint density at radius 1 is 1.27 bits per heavy atom. The second kappa shape index (κ2) is 6.82. The molecule has 3 nitrogen and oxygen atoms in total. The third-order valence-corrected chi connectivity index (χ3v) is 4.73. The van der Waals surface area contributed by atoms with Crippen molar-refractivity contribution < 1.29 is 4.79 Å². The van der Waals surface area contributed by atoms with E-state index in [1.165, 1.54) is 29.5 Å². The van der Waals surface area contributed by atoms with E-state index in [1.807, 2.05) is 0 Å². The van der Waals surface area contributed by atoms with E-state index >= 15 is 0 Å². The van der Waals surface area contributed by atoms with Crippen molar-refractivity contribution in [2.24, 2.45) is 0 Å². The number of carbonyl (C=O) groups excluding carboxylic acids is 1. The van der Waals surface area contributed by atoms with Crippen LogP contribution in [0, 0.1) is 13.8 Å². The highest BCUT2D eigenvalue weighted by Gasteiger charge is 2.31. The number of carbonyl (C=O) groups is 1. The Morgan fingerprint density at radius 3 is 2.50 bits per heavy atom. The van der Waals surface area contributed by atoms with Crippen molar-refractivity contribution in [1.82, 2.24) is 10.2 Å². The van der Waals surface area contributed by atoms with Crippen LogP contribution in [0.4, 0.5) is 0 Å². The van der Waals surface area contributed by atoms with Gasteiger partial charge in [0.15, 0.2) is 0 Å². The Hall–Kier alpha value is -1.35. The van der Waals surface area contributed by atoms with Gasteiger partial charge in [-0.05, 0) is 63.6 Å². The average Bonchev–Trinajstić information content (AvgIpc) is 3.26. The van der Waals surface area contributed by atoms with Gasteiger partial charge in [-0.1, -0.05) is 25.1 Å². The number of amides is 1. The second-order valence-corrected chi connectivity index (χ2v) is 7.34. The summed E-state index contributed by atoms with van der Waals surface area (Å²) >= 11 is 0. The number of benzene rings is 1. The first kappa shape index (κ1) is 17.0. The predicted molar refractivity (Wildman–Crippen MR) is 91.9 cm³/mol. The van der Waals surface area contributed by atoms with E-state index in [0.29, 0.717) is 12.6 Å². The second-order valence-electron chi connectivity index (χ2n) is 7.34. The summed E-state index contributed by atoms with van der Waals surface area (Å²) in [7, 11) is 0. The minimum Gasteiger partial charge on any atom is -0.350 e. The van der Waals surface area contributed by atoms with Gasteiger partial charge >= 0.3 is 0 Å². The van der Waals surface area contributed by atoms with Crippen molar-refractivity contribution in [1.29, 1.82) is 0 Å². The monoisotopic (exact) mass is 302 g/mol. The smallest absolute Gasteiger partial charge is 0.234 e. The molecule has 22 heavy (non-hydrogen) atoms. The van der Waals surface area contributed by atoms with Crippen molar-refractivity contribution in [2.75, 3.05) is 6.54 Å². The maximum atomic E-state index is 12.3. The van der Waals surface area contributed by atoms with Crippen LogP contribution in [0.5, 0.6) is 0 Å². The molecule has 122 valence electrons. The van der Waals surface area contributed by atoms with Crippen LogP contribution in [-0.2, 0) is 11.3 Å². The third kappa shape index (κ3) is 4.84. The van der Waals surface area contributed by atoms with Crippen molar-refractivity contribution in [3.8, 4) is 0 Å². The topological polar surface area (TPSA) is 32.3 Å². The molecular formula is C19H30N2O. The number of hydrogen-bond donors (Lipinski definition) is 1. The Balaban J connectivity index is 1.98. The van der Waals surface area contributed by atoms with Gasteiger partial charge in [0, 0.05) is 18.1 Å². The molecule has 0 bridgehead atoms. The Bertz CT molecular complexity index is 532. The molecule has 0 aliphatic heterocycles. The fourth-order valence-electron chi connectivity index (χ4n) is 2.58. The molecule has 1 saturated carbocycles. The van der Waals surface area contributed by atoms with E-state index < -0.39 is 0 Å². The highest BCUT2D eigenvalue weighted by Crippen LogP contribution is 2.28. The number of aryl methyl sites for hydroxylation is 2. The lowest BCUT2D eigenvalue weighted by molar-refractivity contribution is -0.124. The molecule has 0 saturated heterocycles. The highest BCUT2D eigenvalue weighted by atomic mass is 16.2. The number of nitrogens with one attached hydrogen (secondary N) is 1. The summed E-state index contributed by atoms with van der Waals surface area (Å²) in [6.07, 6.45) is 3.38. The molecule has 0 spiro atoms. The van der Waals surface area contributed by atoms with Gasteiger partial charge in [0.05, 0.1) is 6.54 Å². The van der Waals surface area contributed by atoms with E-state index in [4.69, 9.17) is 0 Å². The van der Waals surface area contributed by atoms with E-state index in [-0.39, 0.29) is 11.4 Å². The van der Waals surface area contributed by atoms with Crippen LogP contribution in [0.25, 0.3) is 0 Å². The summed E-state index contributed by atoms with van der Waals surface area (Å²) in [5.41, 5.74) is 3.83. The van der Waals surface area contributed by atoms with Crippen molar-refractivity contribution in [3.63, 3.8) is 0 Å². The van der Waals surface area contributed by atoms with Crippen LogP contribution in [-0.4, -0.2) is 28.9 Å². The fourth-order valence-corrected chi connectivity index (χ4v) is 2.58. The summed E-state index contributed by atoms with van der Waals surface area (Å²) in [4.78, 5) is 14.6. The first-order chi connectivity index (χ1) is 10.3. The minimum atomic E-state index is -0.118. The quantitative estimate of drug-likeness (QED) is 0.835. The first-order valence-corrected chi connectivity index (χ1v) is 8.42. The molecule has 1 amide bonds. The van der Waals surface area contributed by atoms with Crippen LogP contribution in [0.2, 0.25) is 0 Å².